The molecule has 4 saturated carbocycles. The molecule has 186 valence electrons. The fourth-order valence-corrected chi connectivity index (χ4v) is 9.56. The van der Waals surface area contributed by atoms with Gasteiger partial charge < -0.3 is 5.11 Å². The van der Waals surface area contributed by atoms with Gasteiger partial charge in [0, 0.05) is 12.1 Å². The molecule has 1 N–H and O–H groups in total. The Balaban J connectivity index is 1.42. The standard InChI is InChI=1S/C29H43N3O2/c1-18(2)22-12-24-21-7-6-20-13-27(3,34)10-11-28(20,4)23(21)8-9-29(24,5)26(22)25(33)17-32-16-19(14-30)15-31-32/h15-16,18,20-24,26,34H,6-13,17H2,1-5H3/t20-,21+,22?,23-,24-,26?,27+,28-,29-/m0/s1. The summed E-state index contributed by atoms with van der Waals surface area (Å²) >= 11 is 0. The molecule has 0 aromatic carbocycles. The molecule has 9 atom stereocenters. The van der Waals surface area contributed by atoms with E-state index in [0.29, 0.717) is 46.4 Å². The van der Waals surface area contributed by atoms with Gasteiger partial charge in [0.1, 0.15) is 6.07 Å². The summed E-state index contributed by atoms with van der Waals surface area (Å²) in [5.74, 6) is 3.97. The van der Waals surface area contributed by atoms with Gasteiger partial charge in [-0.2, -0.15) is 10.4 Å². The van der Waals surface area contributed by atoms with Crippen molar-refractivity contribution in [1.82, 2.24) is 9.78 Å². The first kappa shape index (κ1) is 24.0. The molecule has 1 aromatic heterocycles. The zero-order valence-corrected chi connectivity index (χ0v) is 21.8. The Morgan fingerprint density at radius 2 is 1.94 bits per heavy atom. The van der Waals surface area contributed by atoms with Crippen LogP contribution in [0.5, 0.6) is 0 Å². The zero-order valence-electron chi connectivity index (χ0n) is 21.8. The topological polar surface area (TPSA) is 78.9 Å². The third-order valence-corrected chi connectivity index (χ3v) is 11.3. The van der Waals surface area contributed by atoms with E-state index >= 15 is 0 Å². The summed E-state index contributed by atoms with van der Waals surface area (Å²) in [6.07, 6.45) is 12.3. The number of nitriles is 1. The Hall–Kier alpha value is -1.67. The van der Waals surface area contributed by atoms with E-state index in [0.717, 1.165) is 31.6 Å². The fourth-order valence-electron chi connectivity index (χ4n) is 9.56. The van der Waals surface area contributed by atoms with E-state index in [1.807, 2.05) is 6.92 Å². The summed E-state index contributed by atoms with van der Waals surface area (Å²) in [6.45, 7) is 11.9. The Labute approximate surface area is 205 Å². The quantitative estimate of drug-likeness (QED) is 0.626. The summed E-state index contributed by atoms with van der Waals surface area (Å²) in [5, 5.41) is 24.2. The highest BCUT2D eigenvalue weighted by atomic mass is 16.3. The summed E-state index contributed by atoms with van der Waals surface area (Å²) in [4.78, 5) is 13.8. The molecule has 5 rings (SSSR count). The number of aromatic nitrogens is 2. The smallest absolute Gasteiger partial charge is 0.158 e. The van der Waals surface area contributed by atoms with Crippen molar-refractivity contribution >= 4 is 5.78 Å². The lowest BCUT2D eigenvalue weighted by molar-refractivity contribution is -0.151. The van der Waals surface area contributed by atoms with Crippen LogP contribution in [0.2, 0.25) is 0 Å². The normalized spacial score (nSPS) is 45.8. The summed E-state index contributed by atoms with van der Waals surface area (Å²) in [5.41, 5.74) is 0.415. The fraction of sp³-hybridized carbons (Fsp3) is 0.828. The predicted octanol–water partition coefficient (Wildman–Crippen LogP) is 5.62. The lowest BCUT2D eigenvalue weighted by Gasteiger charge is -2.61. The number of nitrogens with zero attached hydrogens (tertiary/aromatic N) is 3. The van der Waals surface area contributed by atoms with Gasteiger partial charge in [-0.3, -0.25) is 9.48 Å². The first-order valence-corrected chi connectivity index (χ1v) is 13.7. The number of Topliss-reactive ketones (excluding diaryl/α,β-unsaturated/α-hetero) is 1. The average molecular weight is 466 g/mol. The highest BCUT2D eigenvalue weighted by Gasteiger charge is 2.64. The largest absolute Gasteiger partial charge is 0.390 e. The van der Waals surface area contributed by atoms with E-state index in [1.165, 1.54) is 25.7 Å². The van der Waals surface area contributed by atoms with Gasteiger partial charge in [-0.25, -0.2) is 0 Å². The molecule has 4 fully saturated rings. The van der Waals surface area contributed by atoms with Gasteiger partial charge >= 0.3 is 0 Å². The minimum Gasteiger partial charge on any atom is -0.390 e. The molecule has 0 radical (unpaired) electrons. The monoisotopic (exact) mass is 465 g/mol. The van der Waals surface area contributed by atoms with Crippen LogP contribution in [0.4, 0.5) is 0 Å². The third kappa shape index (κ3) is 3.67. The van der Waals surface area contributed by atoms with Crippen molar-refractivity contribution in [2.45, 2.75) is 98.1 Å². The van der Waals surface area contributed by atoms with Gasteiger partial charge in [0.25, 0.3) is 0 Å². The van der Waals surface area contributed by atoms with Crippen LogP contribution in [0.3, 0.4) is 0 Å². The Morgan fingerprint density at radius 3 is 2.62 bits per heavy atom. The Kier molecular flexibility index (Phi) is 5.79. The number of carbonyl (C=O) groups is 1. The summed E-state index contributed by atoms with van der Waals surface area (Å²) in [7, 11) is 0. The van der Waals surface area contributed by atoms with Gasteiger partial charge in [-0.1, -0.05) is 27.7 Å². The Morgan fingerprint density at radius 1 is 1.18 bits per heavy atom. The van der Waals surface area contributed by atoms with E-state index in [9.17, 15) is 9.90 Å². The number of hydrogen-bond acceptors (Lipinski definition) is 4. The van der Waals surface area contributed by atoms with Crippen molar-refractivity contribution in [2.75, 3.05) is 0 Å². The van der Waals surface area contributed by atoms with Crippen molar-refractivity contribution in [3.63, 3.8) is 0 Å². The minimum atomic E-state index is -0.494. The van der Waals surface area contributed by atoms with Crippen LogP contribution in [-0.4, -0.2) is 26.3 Å². The van der Waals surface area contributed by atoms with Crippen LogP contribution < -0.4 is 0 Å². The van der Waals surface area contributed by atoms with E-state index in [1.54, 1.807) is 17.1 Å². The van der Waals surface area contributed by atoms with Gasteiger partial charge in [-0.15, -0.1) is 0 Å². The molecule has 4 aliphatic rings. The molecule has 1 heterocycles. The number of ketones is 1. The number of rotatable bonds is 4. The SMILES string of the molecule is CC(C)C1C[C@H]2[C@@H]3CC[C@H]4C[C@](C)(O)CC[C@]4(C)[C@H]3CC[C@]2(C)C1C(=O)Cn1cc(C#N)cn1. The molecule has 0 amide bonds. The van der Waals surface area contributed by atoms with Crippen LogP contribution in [0.25, 0.3) is 0 Å². The van der Waals surface area contributed by atoms with Crippen LogP contribution in [0.15, 0.2) is 12.4 Å². The van der Waals surface area contributed by atoms with E-state index in [4.69, 9.17) is 5.26 Å². The van der Waals surface area contributed by atoms with Gasteiger partial charge in [-0.05, 0) is 105 Å². The van der Waals surface area contributed by atoms with E-state index in [-0.39, 0.29) is 17.9 Å². The van der Waals surface area contributed by atoms with Gasteiger partial charge in [0.05, 0.1) is 23.9 Å². The van der Waals surface area contributed by atoms with Crippen molar-refractivity contribution in [2.24, 2.45) is 52.3 Å². The molecule has 0 saturated heterocycles. The van der Waals surface area contributed by atoms with Crippen molar-refractivity contribution in [3.05, 3.63) is 18.0 Å². The van der Waals surface area contributed by atoms with Crippen LogP contribution in [0, 0.1) is 63.6 Å². The molecule has 34 heavy (non-hydrogen) atoms. The maximum Gasteiger partial charge on any atom is 0.158 e. The first-order chi connectivity index (χ1) is 16.0. The molecule has 4 aliphatic carbocycles. The highest BCUT2D eigenvalue weighted by molar-refractivity contribution is 5.82. The molecular formula is C29H43N3O2. The second-order valence-electron chi connectivity index (χ2n) is 13.5. The molecule has 5 heteroatoms. The average Bonchev–Trinajstić information content (AvgIpc) is 3.35. The number of fused-ring (bicyclic) bond motifs is 5. The molecule has 0 aliphatic heterocycles. The second kappa shape index (κ2) is 8.19. The summed E-state index contributed by atoms with van der Waals surface area (Å²) < 4.78 is 1.67. The second-order valence-corrected chi connectivity index (χ2v) is 13.5. The van der Waals surface area contributed by atoms with Crippen LogP contribution in [-0.2, 0) is 11.3 Å². The van der Waals surface area contributed by atoms with Crippen molar-refractivity contribution in [3.8, 4) is 6.07 Å². The molecule has 5 nitrogen and oxygen atoms in total. The number of aliphatic hydroxyl groups is 1. The van der Waals surface area contributed by atoms with E-state index in [2.05, 4.69) is 38.9 Å². The molecule has 2 unspecified atom stereocenters. The maximum atomic E-state index is 13.8. The zero-order chi connectivity index (χ0) is 24.5. The predicted molar refractivity (Wildman–Crippen MR) is 132 cm³/mol. The van der Waals surface area contributed by atoms with Crippen molar-refractivity contribution in [1.29, 1.82) is 5.26 Å². The summed E-state index contributed by atoms with van der Waals surface area (Å²) in [6, 6.07) is 2.12. The van der Waals surface area contributed by atoms with E-state index < -0.39 is 5.60 Å². The molecular weight excluding hydrogens is 422 g/mol. The number of carbonyl (C=O) groups excluding carboxylic acids is 1. The maximum absolute atomic E-state index is 13.8. The molecule has 1 aromatic rings. The minimum absolute atomic E-state index is 0.0573. The highest BCUT2D eigenvalue weighted by Crippen LogP contribution is 2.69. The lowest BCUT2D eigenvalue weighted by Crippen LogP contribution is -2.55. The number of hydrogen-bond donors (Lipinski definition) is 1. The Bertz CT molecular complexity index is 990. The van der Waals surface area contributed by atoms with Gasteiger partial charge in [0.15, 0.2) is 5.78 Å². The molecule has 0 spiro atoms. The van der Waals surface area contributed by atoms with Crippen LogP contribution in [0.1, 0.15) is 91.5 Å². The third-order valence-electron chi connectivity index (χ3n) is 11.3. The van der Waals surface area contributed by atoms with Crippen molar-refractivity contribution < 1.29 is 9.90 Å². The van der Waals surface area contributed by atoms with Gasteiger partial charge in [0.2, 0.25) is 0 Å². The molecule has 0 bridgehead atoms. The first-order valence-electron chi connectivity index (χ1n) is 13.7. The lowest BCUT2D eigenvalue weighted by atomic mass is 9.44. The van der Waals surface area contributed by atoms with Crippen LogP contribution >= 0.6 is 0 Å².